The third-order valence-electron chi connectivity index (χ3n) is 11.3. The normalized spacial score (nSPS) is 12.8. The molecule has 2 heterocycles. The number of imidazole rings is 1. The summed E-state index contributed by atoms with van der Waals surface area (Å²) in [6, 6.07) is 64.2. The molecule has 0 saturated heterocycles. The highest BCUT2D eigenvalue weighted by Crippen LogP contribution is 2.56. The number of rotatable bonds is 6. The molecule has 0 amide bonds. The lowest BCUT2D eigenvalue weighted by molar-refractivity contribution is 0.768. The molecule has 5 heteroatoms. The van der Waals surface area contributed by atoms with E-state index >= 15 is 0 Å². The van der Waals surface area contributed by atoms with Gasteiger partial charge < -0.3 is 0 Å². The number of benzene rings is 7. The van der Waals surface area contributed by atoms with E-state index in [0.29, 0.717) is 5.82 Å². The Balaban J connectivity index is 1.15. The van der Waals surface area contributed by atoms with Crippen molar-refractivity contribution in [1.29, 1.82) is 0 Å². The molecule has 2 aromatic heterocycles. The van der Waals surface area contributed by atoms with Gasteiger partial charge in [0.25, 0.3) is 0 Å². The Kier molecular flexibility index (Phi) is 7.56. The quantitative estimate of drug-likeness (QED) is 0.173. The fourth-order valence-electron chi connectivity index (χ4n) is 8.70. The zero-order valence-electron chi connectivity index (χ0n) is 30.5. The Morgan fingerprint density at radius 2 is 0.964 bits per heavy atom. The van der Waals surface area contributed by atoms with E-state index < -0.39 is 5.41 Å². The van der Waals surface area contributed by atoms with Crippen LogP contribution in [0, 0.1) is 0 Å². The van der Waals surface area contributed by atoms with Crippen LogP contribution in [0.25, 0.3) is 67.2 Å². The van der Waals surface area contributed by atoms with Crippen molar-refractivity contribution < 1.29 is 0 Å². The lowest BCUT2D eigenvalue weighted by Gasteiger charge is -2.34. The molecule has 5 nitrogen and oxygen atoms in total. The van der Waals surface area contributed by atoms with E-state index in [-0.39, 0.29) is 5.69 Å². The summed E-state index contributed by atoms with van der Waals surface area (Å²) in [6.45, 7) is 0. The smallest absolute Gasteiger partial charge is 0.295 e. The van der Waals surface area contributed by atoms with Crippen molar-refractivity contribution in [3.05, 3.63) is 215 Å². The maximum absolute atomic E-state index is 12.8. The first-order valence-electron chi connectivity index (χ1n) is 18.6. The molecule has 0 bridgehead atoms. The monoisotopic (exact) mass is 708 g/mol. The van der Waals surface area contributed by atoms with Crippen LogP contribution >= 0.6 is 0 Å². The Labute approximate surface area is 319 Å². The molecule has 55 heavy (non-hydrogen) atoms. The van der Waals surface area contributed by atoms with Crippen LogP contribution < -0.4 is 5.69 Å². The van der Waals surface area contributed by atoms with Gasteiger partial charge in [-0.25, -0.2) is 14.8 Å². The Hall–Kier alpha value is -7.11. The van der Waals surface area contributed by atoms with Crippen molar-refractivity contribution in [3.63, 3.8) is 0 Å². The average Bonchev–Trinajstić information content (AvgIpc) is 3.68. The fraction of sp³-hybridized carbons (Fsp3) is 0.0600. The minimum absolute atomic E-state index is 0.0405. The highest BCUT2D eigenvalue weighted by molar-refractivity contribution is 5.93. The summed E-state index contributed by atoms with van der Waals surface area (Å²) in [5, 5.41) is 0. The van der Waals surface area contributed by atoms with Crippen molar-refractivity contribution in [2.45, 2.75) is 5.41 Å². The third-order valence-corrected chi connectivity index (χ3v) is 11.3. The Bertz CT molecular complexity index is 2910. The van der Waals surface area contributed by atoms with E-state index in [0.717, 1.165) is 50.2 Å². The molecule has 1 aliphatic carbocycles. The Morgan fingerprint density at radius 3 is 1.64 bits per heavy atom. The molecule has 0 unspecified atom stereocenters. The van der Waals surface area contributed by atoms with E-state index in [1.54, 1.807) is 9.13 Å². The SMILES string of the molecule is Cn1c(=O)n(C)c2c(-c3ccc(-c4cc(-c5ccccc5)nc(-c5ccc6c(c5)C(c5ccccc5)(c5ccccc5)c5ccccc5-6)n4)cc3)cccc21. The summed E-state index contributed by atoms with van der Waals surface area (Å²) in [4.78, 5) is 23.3. The molecule has 0 fully saturated rings. The van der Waals surface area contributed by atoms with Gasteiger partial charge in [-0.2, -0.15) is 0 Å². The van der Waals surface area contributed by atoms with Gasteiger partial charge in [0, 0.05) is 36.3 Å². The lowest BCUT2D eigenvalue weighted by atomic mass is 9.67. The lowest BCUT2D eigenvalue weighted by Crippen LogP contribution is -2.28. The average molecular weight is 709 g/mol. The van der Waals surface area contributed by atoms with Crippen LogP contribution in [0.5, 0.6) is 0 Å². The minimum atomic E-state index is -0.523. The predicted molar refractivity (Wildman–Crippen MR) is 223 cm³/mol. The number of hydrogen-bond donors (Lipinski definition) is 0. The van der Waals surface area contributed by atoms with Gasteiger partial charge in [0.2, 0.25) is 0 Å². The van der Waals surface area contributed by atoms with E-state index in [9.17, 15) is 4.79 Å². The van der Waals surface area contributed by atoms with Gasteiger partial charge in [-0.15, -0.1) is 0 Å². The number of nitrogens with zero attached hydrogens (tertiary/aromatic N) is 4. The van der Waals surface area contributed by atoms with Crippen LogP contribution in [0.2, 0.25) is 0 Å². The van der Waals surface area contributed by atoms with Crippen LogP contribution in [0.15, 0.2) is 187 Å². The third kappa shape index (κ3) is 5.04. The molecular formula is C50H36N4O. The molecule has 262 valence electrons. The fourth-order valence-corrected chi connectivity index (χ4v) is 8.70. The number of aryl methyl sites for hydroxylation is 2. The Morgan fingerprint density at radius 1 is 0.436 bits per heavy atom. The van der Waals surface area contributed by atoms with E-state index in [1.807, 2.05) is 44.4 Å². The van der Waals surface area contributed by atoms with E-state index in [2.05, 4.69) is 152 Å². The predicted octanol–water partition coefficient (Wildman–Crippen LogP) is 10.7. The molecule has 0 radical (unpaired) electrons. The van der Waals surface area contributed by atoms with Crippen LogP contribution in [0.3, 0.4) is 0 Å². The molecule has 0 atom stereocenters. The van der Waals surface area contributed by atoms with E-state index in [1.165, 1.54) is 33.4 Å². The first-order chi connectivity index (χ1) is 27.0. The van der Waals surface area contributed by atoms with Crippen molar-refractivity contribution in [2.24, 2.45) is 14.1 Å². The van der Waals surface area contributed by atoms with Gasteiger partial charge >= 0.3 is 5.69 Å². The first-order valence-corrected chi connectivity index (χ1v) is 18.6. The second-order valence-corrected chi connectivity index (χ2v) is 14.3. The van der Waals surface area contributed by atoms with Gasteiger partial charge in [0.05, 0.1) is 27.8 Å². The molecule has 0 spiro atoms. The summed E-state index contributed by atoms with van der Waals surface area (Å²) < 4.78 is 3.42. The second kappa shape index (κ2) is 12.8. The minimum Gasteiger partial charge on any atom is -0.295 e. The molecule has 1 aliphatic rings. The second-order valence-electron chi connectivity index (χ2n) is 14.3. The topological polar surface area (TPSA) is 52.7 Å². The maximum Gasteiger partial charge on any atom is 0.328 e. The largest absolute Gasteiger partial charge is 0.328 e. The van der Waals surface area contributed by atoms with Crippen LogP contribution in [0.4, 0.5) is 0 Å². The molecule has 10 rings (SSSR count). The van der Waals surface area contributed by atoms with Gasteiger partial charge in [-0.3, -0.25) is 9.13 Å². The molecule has 0 N–H and O–H groups in total. The molecule has 0 aliphatic heterocycles. The van der Waals surface area contributed by atoms with Crippen molar-refractivity contribution in [3.8, 4) is 56.2 Å². The van der Waals surface area contributed by atoms with Crippen molar-refractivity contribution in [2.75, 3.05) is 0 Å². The number of hydrogen-bond acceptors (Lipinski definition) is 3. The van der Waals surface area contributed by atoms with Crippen molar-refractivity contribution in [1.82, 2.24) is 19.1 Å². The van der Waals surface area contributed by atoms with E-state index in [4.69, 9.17) is 9.97 Å². The summed E-state index contributed by atoms with van der Waals surface area (Å²) in [6.07, 6.45) is 0. The molecular weight excluding hydrogens is 673 g/mol. The number of aromatic nitrogens is 4. The van der Waals surface area contributed by atoms with Gasteiger partial charge in [0.1, 0.15) is 0 Å². The van der Waals surface area contributed by atoms with Gasteiger partial charge in [0.15, 0.2) is 5.82 Å². The summed E-state index contributed by atoms with van der Waals surface area (Å²) >= 11 is 0. The molecule has 7 aromatic carbocycles. The summed E-state index contributed by atoms with van der Waals surface area (Å²) in [5.74, 6) is 0.665. The zero-order chi connectivity index (χ0) is 37.1. The van der Waals surface area contributed by atoms with Gasteiger partial charge in [-0.1, -0.05) is 164 Å². The zero-order valence-corrected chi connectivity index (χ0v) is 30.5. The van der Waals surface area contributed by atoms with Crippen molar-refractivity contribution >= 4 is 11.0 Å². The number of fused-ring (bicyclic) bond motifs is 4. The number of para-hydroxylation sites is 1. The van der Waals surface area contributed by atoms with Gasteiger partial charge in [-0.05, 0) is 57.1 Å². The summed E-state index contributed by atoms with van der Waals surface area (Å²) in [7, 11) is 3.65. The maximum atomic E-state index is 12.8. The van der Waals surface area contributed by atoms with Crippen LogP contribution in [-0.4, -0.2) is 19.1 Å². The van der Waals surface area contributed by atoms with Crippen LogP contribution in [-0.2, 0) is 19.5 Å². The molecule has 0 saturated carbocycles. The highest BCUT2D eigenvalue weighted by Gasteiger charge is 2.46. The highest BCUT2D eigenvalue weighted by atomic mass is 16.1. The molecule has 9 aromatic rings. The first kappa shape index (κ1) is 32.5. The van der Waals surface area contributed by atoms with Crippen LogP contribution in [0.1, 0.15) is 22.3 Å². The summed E-state index contributed by atoms with van der Waals surface area (Å²) in [5.41, 5.74) is 15.3. The standard InChI is InChI=1S/C50H36N4O/c1-53-46-24-14-22-39(47(46)54(2)49(53)55)33-25-27-35(28-26-33)45-32-44(34-15-6-3-7-16-34)51-48(52-45)36-29-30-41-40-21-12-13-23-42(40)50(43(41)31-36,37-17-8-4-9-18-37)38-19-10-5-11-20-38/h3-32H,1-2H3.